The van der Waals surface area contributed by atoms with Gasteiger partial charge in [0.2, 0.25) is 5.91 Å². The lowest BCUT2D eigenvalue weighted by molar-refractivity contribution is -0.126. The third-order valence-electron chi connectivity index (χ3n) is 5.82. The number of furan rings is 1. The number of rotatable bonds is 4. The summed E-state index contributed by atoms with van der Waals surface area (Å²) in [5.74, 6) is 0.823. The van der Waals surface area contributed by atoms with Crippen molar-refractivity contribution in [2.45, 2.75) is 33.1 Å². The first-order valence-electron chi connectivity index (χ1n) is 10.3. The maximum atomic E-state index is 12.8. The highest BCUT2D eigenvalue weighted by Crippen LogP contribution is 2.41. The molecule has 1 aliphatic rings. The number of piperidine rings is 1. The first-order chi connectivity index (χ1) is 14.5. The lowest BCUT2D eigenvalue weighted by Gasteiger charge is -2.25. The number of ether oxygens (including phenoxy) is 1. The third-order valence-corrected chi connectivity index (χ3v) is 6.31. The number of halogens is 1. The number of carbonyl (C=O) groups is 1. The lowest BCUT2D eigenvalue weighted by Crippen LogP contribution is -2.34. The molecule has 1 fully saturated rings. The number of benzene rings is 2. The van der Waals surface area contributed by atoms with Crippen molar-refractivity contribution in [3.8, 4) is 16.9 Å². The lowest BCUT2D eigenvalue weighted by atomic mass is 9.96. The number of aryl methyl sites for hydroxylation is 1. The molecule has 5 heteroatoms. The molecule has 2 aromatic carbocycles. The number of hydrogen-bond acceptors (Lipinski definition) is 3. The zero-order valence-corrected chi connectivity index (χ0v) is 19.2. The van der Waals surface area contributed by atoms with Crippen molar-refractivity contribution >= 4 is 38.4 Å². The Morgan fingerprint density at radius 3 is 2.67 bits per heavy atom. The number of hydrogen-bond donors (Lipinski definition) is 0. The summed E-state index contributed by atoms with van der Waals surface area (Å²) in [6.07, 6.45) is 6.90. The van der Waals surface area contributed by atoms with Crippen LogP contribution in [0.1, 0.15) is 37.3 Å². The summed E-state index contributed by atoms with van der Waals surface area (Å²) in [6.45, 7) is 5.65. The standard InChI is InChI=1S/C25H26BrNO3/c1-16(12-23(28)27-10-5-4-6-11-27)20-14-21-22(18-8-7-9-19(26)13-18)15-30-25(21)17(2)24(20)29-3/h7-9,12-15H,4-6,10-11H2,1-3H3/b16-12+. The monoisotopic (exact) mass is 467 g/mol. The molecule has 0 aliphatic carbocycles. The molecule has 1 aromatic heterocycles. The van der Waals surface area contributed by atoms with Gasteiger partial charge in [0.15, 0.2) is 0 Å². The fourth-order valence-corrected chi connectivity index (χ4v) is 4.62. The fraction of sp³-hybridized carbons (Fsp3) is 0.320. The molecule has 156 valence electrons. The zero-order valence-electron chi connectivity index (χ0n) is 17.6. The SMILES string of the molecule is COc1c(/C(C)=C/C(=O)N2CCCCC2)cc2c(-c3cccc(Br)c3)coc2c1C. The summed E-state index contributed by atoms with van der Waals surface area (Å²) < 4.78 is 12.7. The number of likely N-dealkylation sites (tertiary alicyclic amines) is 1. The van der Waals surface area contributed by atoms with E-state index in [1.165, 1.54) is 6.42 Å². The van der Waals surface area contributed by atoms with E-state index in [1.807, 2.05) is 30.9 Å². The number of amides is 1. The Balaban J connectivity index is 1.81. The van der Waals surface area contributed by atoms with E-state index in [4.69, 9.17) is 9.15 Å². The summed E-state index contributed by atoms with van der Waals surface area (Å²) in [5, 5.41) is 1.01. The molecule has 0 spiro atoms. The average molecular weight is 468 g/mol. The van der Waals surface area contributed by atoms with Gasteiger partial charge >= 0.3 is 0 Å². The Labute approximate surface area is 185 Å². The van der Waals surface area contributed by atoms with Crippen LogP contribution in [0.2, 0.25) is 0 Å². The summed E-state index contributed by atoms with van der Waals surface area (Å²) in [4.78, 5) is 14.7. The molecule has 4 nitrogen and oxygen atoms in total. The van der Waals surface area contributed by atoms with Crippen LogP contribution in [0, 0.1) is 6.92 Å². The fourth-order valence-electron chi connectivity index (χ4n) is 4.22. The second-order valence-electron chi connectivity index (χ2n) is 7.83. The van der Waals surface area contributed by atoms with Crippen molar-refractivity contribution in [3.63, 3.8) is 0 Å². The summed E-state index contributed by atoms with van der Waals surface area (Å²) in [6, 6.07) is 10.2. The number of nitrogens with zero attached hydrogens (tertiary/aromatic N) is 1. The Hall–Kier alpha value is -2.53. The number of carbonyl (C=O) groups excluding carboxylic acids is 1. The van der Waals surface area contributed by atoms with Crippen LogP contribution in [0.25, 0.3) is 27.7 Å². The molecule has 1 aliphatic heterocycles. The molecule has 0 N–H and O–H groups in total. The van der Waals surface area contributed by atoms with Gasteiger partial charge in [0, 0.05) is 45.7 Å². The van der Waals surface area contributed by atoms with Gasteiger partial charge in [0.25, 0.3) is 0 Å². The normalized spacial score (nSPS) is 14.9. The van der Waals surface area contributed by atoms with Crippen molar-refractivity contribution in [2.24, 2.45) is 0 Å². The predicted molar refractivity (Wildman–Crippen MR) is 125 cm³/mol. The molecular weight excluding hydrogens is 442 g/mol. The van der Waals surface area contributed by atoms with Crippen LogP contribution in [0.3, 0.4) is 0 Å². The van der Waals surface area contributed by atoms with Crippen molar-refractivity contribution in [2.75, 3.05) is 20.2 Å². The molecule has 0 unspecified atom stereocenters. The van der Waals surface area contributed by atoms with Gasteiger partial charge in [0.05, 0.1) is 13.4 Å². The molecule has 1 amide bonds. The van der Waals surface area contributed by atoms with E-state index < -0.39 is 0 Å². The number of fused-ring (bicyclic) bond motifs is 1. The van der Waals surface area contributed by atoms with Gasteiger partial charge in [0.1, 0.15) is 11.3 Å². The molecule has 2 heterocycles. The van der Waals surface area contributed by atoms with E-state index in [0.717, 1.165) is 74.9 Å². The van der Waals surface area contributed by atoms with E-state index in [-0.39, 0.29) is 5.91 Å². The van der Waals surface area contributed by atoms with Crippen molar-refractivity contribution < 1.29 is 13.9 Å². The van der Waals surface area contributed by atoms with Crippen LogP contribution >= 0.6 is 15.9 Å². The highest BCUT2D eigenvalue weighted by Gasteiger charge is 2.20. The van der Waals surface area contributed by atoms with Crippen LogP contribution in [-0.4, -0.2) is 31.0 Å². The first-order valence-corrected chi connectivity index (χ1v) is 11.1. The molecule has 0 saturated carbocycles. The number of methoxy groups -OCH3 is 1. The van der Waals surface area contributed by atoms with Crippen LogP contribution in [-0.2, 0) is 4.79 Å². The summed E-state index contributed by atoms with van der Waals surface area (Å²) >= 11 is 3.55. The molecule has 0 bridgehead atoms. The Morgan fingerprint density at radius 1 is 1.20 bits per heavy atom. The molecule has 0 radical (unpaired) electrons. The van der Waals surface area contributed by atoms with Crippen LogP contribution in [0.5, 0.6) is 5.75 Å². The molecular formula is C25H26BrNO3. The Morgan fingerprint density at radius 2 is 1.97 bits per heavy atom. The zero-order chi connectivity index (χ0) is 21.3. The van der Waals surface area contributed by atoms with Gasteiger partial charge in [-0.2, -0.15) is 0 Å². The molecule has 30 heavy (non-hydrogen) atoms. The smallest absolute Gasteiger partial charge is 0.246 e. The second kappa shape index (κ2) is 8.68. The molecule has 4 rings (SSSR count). The number of allylic oxidation sites excluding steroid dienone is 1. The van der Waals surface area contributed by atoms with Gasteiger partial charge < -0.3 is 14.1 Å². The molecule has 3 aromatic rings. The van der Waals surface area contributed by atoms with Crippen LogP contribution in [0.4, 0.5) is 0 Å². The summed E-state index contributed by atoms with van der Waals surface area (Å²) in [7, 11) is 1.66. The highest BCUT2D eigenvalue weighted by atomic mass is 79.9. The van der Waals surface area contributed by atoms with E-state index >= 15 is 0 Å². The Kier molecular flexibility index (Phi) is 6.00. The molecule has 0 atom stereocenters. The van der Waals surface area contributed by atoms with Crippen molar-refractivity contribution in [3.05, 3.63) is 58.3 Å². The largest absolute Gasteiger partial charge is 0.496 e. The van der Waals surface area contributed by atoms with Gasteiger partial charge in [-0.15, -0.1) is 0 Å². The maximum Gasteiger partial charge on any atom is 0.246 e. The topological polar surface area (TPSA) is 42.7 Å². The van der Waals surface area contributed by atoms with Gasteiger partial charge in [-0.1, -0.05) is 28.1 Å². The van der Waals surface area contributed by atoms with E-state index in [1.54, 1.807) is 19.4 Å². The van der Waals surface area contributed by atoms with E-state index in [2.05, 4.69) is 34.1 Å². The van der Waals surface area contributed by atoms with Crippen LogP contribution in [0.15, 0.2) is 51.6 Å². The van der Waals surface area contributed by atoms with Crippen molar-refractivity contribution in [1.29, 1.82) is 0 Å². The highest BCUT2D eigenvalue weighted by molar-refractivity contribution is 9.10. The van der Waals surface area contributed by atoms with Crippen molar-refractivity contribution in [1.82, 2.24) is 4.90 Å². The second-order valence-corrected chi connectivity index (χ2v) is 8.75. The average Bonchev–Trinajstić information content (AvgIpc) is 3.18. The van der Waals surface area contributed by atoms with Crippen LogP contribution < -0.4 is 4.74 Å². The molecule has 1 saturated heterocycles. The van der Waals surface area contributed by atoms with E-state index in [0.29, 0.717) is 0 Å². The van der Waals surface area contributed by atoms with Gasteiger partial charge in [-0.25, -0.2) is 0 Å². The third kappa shape index (κ3) is 3.91. The van der Waals surface area contributed by atoms with Gasteiger partial charge in [-0.3, -0.25) is 4.79 Å². The first kappa shape index (κ1) is 20.7. The minimum Gasteiger partial charge on any atom is -0.496 e. The maximum absolute atomic E-state index is 12.8. The Bertz CT molecular complexity index is 1120. The predicted octanol–water partition coefficient (Wildman–Crippen LogP) is 6.60. The minimum absolute atomic E-state index is 0.0754. The minimum atomic E-state index is 0.0754. The van der Waals surface area contributed by atoms with E-state index in [9.17, 15) is 4.79 Å². The summed E-state index contributed by atoms with van der Waals surface area (Å²) in [5.41, 5.74) is 5.66. The van der Waals surface area contributed by atoms with Gasteiger partial charge in [-0.05, 0) is 62.4 Å². The quantitative estimate of drug-likeness (QED) is 0.406.